The molecule has 16 aromatic rings. The van der Waals surface area contributed by atoms with Gasteiger partial charge >= 0.3 is 0 Å². The summed E-state index contributed by atoms with van der Waals surface area (Å²) in [6, 6.07) is 119. The van der Waals surface area contributed by atoms with Crippen molar-refractivity contribution in [2.45, 2.75) is 38.5 Å². The Bertz CT molecular complexity index is 5850. The summed E-state index contributed by atoms with van der Waals surface area (Å²) >= 11 is 0. The highest BCUT2D eigenvalue weighted by Crippen LogP contribution is 2.53. The molecule has 4 nitrogen and oxygen atoms in total. The van der Waals surface area contributed by atoms with Crippen molar-refractivity contribution in [3.8, 4) is 146 Å². The van der Waals surface area contributed by atoms with Crippen LogP contribution in [-0.4, -0.2) is 19.9 Å². The van der Waals surface area contributed by atoms with Crippen LogP contribution in [0.1, 0.15) is 49.9 Å². The molecule has 0 N–H and O–H groups in total. The molecule has 0 amide bonds. The molecule has 14 aromatic carbocycles. The summed E-state index contributed by atoms with van der Waals surface area (Å²) in [5, 5.41) is 4.47. The summed E-state index contributed by atoms with van der Waals surface area (Å²) in [7, 11) is 0. The summed E-state index contributed by atoms with van der Waals surface area (Å²) < 4.78 is 0. The minimum absolute atomic E-state index is 0.0623. The molecule has 0 atom stereocenters. The lowest BCUT2D eigenvalue weighted by molar-refractivity contribution is 0.660. The van der Waals surface area contributed by atoms with Crippen LogP contribution in [0.5, 0.6) is 0 Å². The second-order valence-electron chi connectivity index (χ2n) is 27.2. The summed E-state index contributed by atoms with van der Waals surface area (Å²) in [5.74, 6) is 1.34. The number of hydrogen-bond donors (Lipinski definition) is 0. The Morgan fingerprint density at radius 1 is 0.184 bits per heavy atom. The largest absolute Gasteiger partial charge is 0.228 e. The van der Waals surface area contributed by atoms with Gasteiger partial charge in [0, 0.05) is 44.2 Å². The first-order chi connectivity index (χ1) is 48.1. The topological polar surface area (TPSA) is 51.6 Å². The van der Waals surface area contributed by atoms with Gasteiger partial charge in [0.2, 0.25) is 0 Å². The third-order valence-corrected chi connectivity index (χ3v) is 20.8. The molecule has 0 unspecified atom stereocenters. The minimum atomic E-state index is -0.109. The Labute approximate surface area is 572 Å². The summed E-state index contributed by atoms with van der Waals surface area (Å²) in [6.07, 6.45) is 0. The highest BCUT2D eigenvalue weighted by molar-refractivity contribution is 6.06. The lowest BCUT2D eigenvalue weighted by atomic mass is 9.79. The van der Waals surface area contributed by atoms with Gasteiger partial charge in [0.25, 0.3) is 0 Å². The molecule has 2 aromatic heterocycles. The first-order valence-electron chi connectivity index (χ1n) is 33.9. The normalized spacial score (nSPS) is 13.1. The molecule has 0 saturated heterocycles. The lowest BCUT2D eigenvalue weighted by Crippen LogP contribution is -2.16. The predicted molar refractivity (Wildman–Crippen MR) is 408 cm³/mol. The van der Waals surface area contributed by atoms with E-state index in [0.29, 0.717) is 11.6 Å². The van der Waals surface area contributed by atoms with Crippen LogP contribution in [0, 0.1) is 0 Å². The molecule has 0 saturated carbocycles. The third-order valence-electron chi connectivity index (χ3n) is 20.8. The number of nitrogens with zero attached hydrogens (tertiary/aromatic N) is 4. The van der Waals surface area contributed by atoms with Crippen LogP contribution in [0.4, 0.5) is 0 Å². The number of fused-ring (bicyclic) bond motifs is 8. The quantitative estimate of drug-likeness (QED) is 0.129. The molecule has 0 spiro atoms. The average Bonchev–Trinajstić information content (AvgIpc) is 1.61. The van der Waals surface area contributed by atoms with Gasteiger partial charge in [-0.2, -0.15) is 0 Å². The molecule has 0 radical (unpaired) electrons. The Balaban J connectivity index is 0.673. The average molecular weight is 1250 g/mol. The zero-order chi connectivity index (χ0) is 65.6. The van der Waals surface area contributed by atoms with Gasteiger partial charge in [-0.15, -0.1) is 0 Å². The lowest BCUT2D eigenvalue weighted by Gasteiger charge is -2.24. The van der Waals surface area contributed by atoms with E-state index in [1.807, 2.05) is 0 Å². The van der Waals surface area contributed by atoms with Crippen molar-refractivity contribution in [1.82, 2.24) is 19.9 Å². The van der Waals surface area contributed by atoms with Crippen molar-refractivity contribution in [3.05, 3.63) is 350 Å². The SMILES string of the molecule is CC1(C)c2ccccc2-c2ccc(-c3ccc(-c4ccc(-c5nc(-c6ccccc6)cc(-c6cccc(-c7cccc(-c8cc(-c9ccccc9)nc(-c9ccc(-c%10ccc(-c%11cccc%12c%11C(C)(C)c%11ccccc%11-%12)cc%10)c%10ccccc9%10)n8)c7)c6)n5)c5ccccc45)cc3)cc21. The summed E-state index contributed by atoms with van der Waals surface area (Å²) in [4.78, 5) is 21.7. The molecular formula is C94H66N4. The van der Waals surface area contributed by atoms with Crippen LogP contribution in [0.3, 0.4) is 0 Å². The minimum Gasteiger partial charge on any atom is -0.228 e. The molecule has 18 rings (SSSR count). The van der Waals surface area contributed by atoms with E-state index in [1.165, 1.54) is 66.8 Å². The maximum Gasteiger partial charge on any atom is 0.161 e. The van der Waals surface area contributed by atoms with E-state index in [-0.39, 0.29) is 10.8 Å². The monoisotopic (exact) mass is 1250 g/mol. The van der Waals surface area contributed by atoms with E-state index in [2.05, 4.69) is 355 Å². The molecule has 98 heavy (non-hydrogen) atoms. The van der Waals surface area contributed by atoms with E-state index in [4.69, 9.17) is 19.9 Å². The van der Waals surface area contributed by atoms with Gasteiger partial charge in [0.15, 0.2) is 11.6 Å². The molecule has 462 valence electrons. The molecule has 2 heterocycles. The summed E-state index contributed by atoms with van der Waals surface area (Å²) in [6.45, 7) is 9.40. The van der Waals surface area contributed by atoms with E-state index < -0.39 is 0 Å². The van der Waals surface area contributed by atoms with Gasteiger partial charge in [-0.25, -0.2) is 19.9 Å². The maximum atomic E-state index is 5.48. The van der Waals surface area contributed by atoms with Crippen LogP contribution in [0.25, 0.3) is 167 Å². The fraction of sp³-hybridized carbons (Fsp3) is 0.0638. The zero-order valence-corrected chi connectivity index (χ0v) is 55.0. The van der Waals surface area contributed by atoms with Gasteiger partial charge in [0.1, 0.15) is 0 Å². The highest BCUT2D eigenvalue weighted by Gasteiger charge is 2.38. The molecule has 2 aliphatic carbocycles. The van der Waals surface area contributed by atoms with Crippen molar-refractivity contribution >= 4 is 21.5 Å². The van der Waals surface area contributed by atoms with Crippen molar-refractivity contribution in [1.29, 1.82) is 0 Å². The smallest absolute Gasteiger partial charge is 0.161 e. The van der Waals surface area contributed by atoms with Crippen LogP contribution in [-0.2, 0) is 10.8 Å². The highest BCUT2D eigenvalue weighted by atomic mass is 14.9. The Hall–Kier alpha value is -12.2. The molecule has 0 aliphatic heterocycles. The maximum absolute atomic E-state index is 5.48. The predicted octanol–water partition coefficient (Wildman–Crippen LogP) is 24.5. The second kappa shape index (κ2) is 23.3. The fourth-order valence-corrected chi connectivity index (χ4v) is 15.8. The van der Waals surface area contributed by atoms with Crippen LogP contribution in [0.15, 0.2) is 328 Å². The molecule has 2 aliphatic rings. The van der Waals surface area contributed by atoms with Gasteiger partial charge in [-0.3, -0.25) is 0 Å². The van der Waals surface area contributed by atoms with Crippen molar-refractivity contribution in [2.24, 2.45) is 0 Å². The van der Waals surface area contributed by atoms with Crippen molar-refractivity contribution in [3.63, 3.8) is 0 Å². The standard InChI is InChI=1S/C94H66N4/c1-93(2)83-38-17-15-34-77(83)79-49-48-67(56-85(79)93)59-40-42-60(43-41-59)70-50-52-81(75-32-13-11-30-73(70)75)91-95-86(63-22-7-5-8-23-63)57-88(97-91)68-28-19-26-65(54-68)66-27-20-29-69(55-66)89-58-87(64-24-9-6-10-25-64)96-92(98-89)82-53-51-71(74-31-12-14-33-76(74)82)61-44-46-62(47-45-61)72-36-21-37-80-78-35-16-18-39-84(78)94(3,4)90(72)80/h5-58H,1-4H3. The molecule has 4 heteroatoms. The van der Waals surface area contributed by atoms with Crippen LogP contribution < -0.4 is 0 Å². The zero-order valence-electron chi connectivity index (χ0n) is 55.0. The van der Waals surface area contributed by atoms with Gasteiger partial charge < -0.3 is 0 Å². The first kappa shape index (κ1) is 58.3. The molecular weight excluding hydrogens is 1190 g/mol. The second-order valence-corrected chi connectivity index (χ2v) is 27.2. The van der Waals surface area contributed by atoms with Crippen molar-refractivity contribution < 1.29 is 0 Å². The van der Waals surface area contributed by atoms with Gasteiger partial charge in [0.05, 0.1) is 22.8 Å². The fourth-order valence-electron chi connectivity index (χ4n) is 15.8. The van der Waals surface area contributed by atoms with Crippen LogP contribution in [0.2, 0.25) is 0 Å². The number of aromatic nitrogens is 4. The molecule has 0 bridgehead atoms. The number of hydrogen-bond acceptors (Lipinski definition) is 4. The van der Waals surface area contributed by atoms with Crippen molar-refractivity contribution in [2.75, 3.05) is 0 Å². The Kier molecular flexibility index (Phi) is 13.9. The Morgan fingerprint density at radius 2 is 0.500 bits per heavy atom. The van der Waals surface area contributed by atoms with Crippen LogP contribution >= 0.6 is 0 Å². The molecule has 0 fully saturated rings. The summed E-state index contributed by atoms with van der Waals surface area (Å²) in [5.41, 5.74) is 31.7. The number of benzene rings is 14. The van der Waals surface area contributed by atoms with Gasteiger partial charge in [-0.1, -0.05) is 313 Å². The third kappa shape index (κ3) is 9.90. The van der Waals surface area contributed by atoms with Gasteiger partial charge in [-0.05, 0) is 164 Å². The number of rotatable bonds is 11. The van der Waals surface area contributed by atoms with E-state index in [0.717, 1.165) is 111 Å². The van der Waals surface area contributed by atoms with E-state index in [9.17, 15) is 0 Å². The van der Waals surface area contributed by atoms with E-state index in [1.54, 1.807) is 0 Å². The first-order valence-corrected chi connectivity index (χ1v) is 33.9. The Morgan fingerprint density at radius 3 is 1.01 bits per heavy atom. The van der Waals surface area contributed by atoms with E-state index >= 15 is 0 Å².